The van der Waals surface area contributed by atoms with E-state index in [0.29, 0.717) is 27.1 Å². The van der Waals surface area contributed by atoms with E-state index >= 15 is 0 Å². The van der Waals surface area contributed by atoms with E-state index in [2.05, 4.69) is 15.0 Å². The molecule has 0 atom stereocenters. The second-order valence-electron chi connectivity index (χ2n) is 6.07. The fraction of sp³-hybridized carbons (Fsp3) is 0. The summed E-state index contributed by atoms with van der Waals surface area (Å²) in [7, 11) is -3.82. The van der Waals surface area contributed by atoms with E-state index < -0.39 is 15.9 Å². The van der Waals surface area contributed by atoms with Gasteiger partial charge in [0.25, 0.3) is 15.9 Å². The van der Waals surface area contributed by atoms with Gasteiger partial charge in [0.15, 0.2) is 10.9 Å². The molecule has 0 aliphatic heterocycles. The largest absolute Gasteiger partial charge is 0.459 e. The van der Waals surface area contributed by atoms with Crippen LogP contribution in [-0.2, 0) is 10.0 Å². The maximum Gasteiger partial charge on any atom is 0.293 e. The summed E-state index contributed by atoms with van der Waals surface area (Å²) in [6.07, 6.45) is 1.41. The lowest BCUT2D eigenvalue weighted by Gasteiger charge is -2.11. The van der Waals surface area contributed by atoms with Crippen LogP contribution in [0.5, 0.6) is 0 Å². The molecule has 10 heteroatoms. The Morgan fingerprint density at radius 2 is 1.80 bits per heavy atom. The van der Waals surface area contributed by atoms with E-state index in [1.165, 1.54) is 41.9 Å². The molecule has 0 saturated heterocycles. The minimum absolute atomic E-state index is 0.0892. The summed E-state index contributed by atoms with van der Waals surface area (Å²) < 4.78 is 33.1. The molecule has 4 aromatic rings. The van der Waals surface area contributed by atoms with Crippen molar-refractivity contribution in [3.05, 3.63) is 83.1 Å². The summed E-state index contributed by atoms with van der Waals surface area (Å²) >= 11 is 7.06. The van der Waals surface area contributed by atoms with E-state index in [4.69, 9.17) is 16.0 Å². The lowest BCUT2D eigenvalue weighted by molar-refractivity contribution is 0.0996. The number of rotatable bonds is 6. The number of benzene rings is 2. The van der Waals surface area contributed by atoms with Crippen molar-refractivity contribution in [3.63, 3.8) is 0 Å². The van der Waals surface area contributed by atoms with Crippen LogP contribution in [0.3, 0.4) is 0 Å². The highest BCUT2D eigenvalue weighted by molar-refractivity contribution is 7.92. The summed E-state index contributed by atoms with van der Waals surface area (Å²) in [4.78, 5) is 16.6. The zero-order chi connectivity index (χ0) is 21.1. The molecular weight excluding hydrogens is 446 g/mol. The van der Waals surface area contributed by atoms with Crippen LogP contribution in [0.25, 0.3) is 11.3 Å². The number of thiazole rings is 1. The molecule has 0 unspecified atom stereocenters. The van der Waals surface area contributed by atoms with Crippen molar-refractivity contribution in [3.8, 4) is 11.3 Å². The number of nitrogens with one attached hydrogen (secondary N) is 2. The number of para-hydroxylation sites is 1. The van der Waals surface area contributed by atoms with Gasteiger partial charge in [0, 0.05) is 16.0 Å². The molecule has 7 nitrogen and oxygen atoms in total. The summed E-state index contributed by atoms with van der Waals surface area (Å²) in [5.41, 5.74) is 1.45. The van der Waals surface area contributed by atoms with Gasteiger partial charge < -0.3 is 4.42 Å². The normalized spacial score (nSPS) is 11.2. The van der Waals surface area contributed by atoms with E-state index in [1.807, 2.05) is 0 Å². The van der Waals surface area contributed by atoms with Gasteiger partial charge in [-0.2, -0.15) is 0 Å². The molecule has 0 aliphatic carbocycles. The van der Waals surface area contributed by atoms with Gasteiger partial charge in [0.2, 0.25) is 0 Å². The predicted molar refractivity (Wildman–Crippen MR) is 116 cm³/mol. The number of hydrogen-bond donors (Lipinski definition) is 2. The Morgan fingerprint density at radius 1 is 1.03 bits per heavy atom. The van der Waals surface area contributed by atoms with Crippen molar-refractivity contribution in [1.29, 1.82) is 0 Å². The van der Waals surface area contributed by atoms with Crippen LogP contribution in [-0.4, -0.2) is 19.3 Å². The van der Waals surface area contributed by atoms with Crippen molar-refractivity contribution in [1.82, 2.24) is 4.98 Å². The number of furan rings is 1. The predicted octanol–water partition coefficient (Wildman–Crippen LogP) is 5.11. The minimum Gasteiger partial charge on any atom is -0.459 e. The zero-order valence-corrected chi connectivity index (χ0v) is 17.6. The van der Waals surface area contributed by atoms with Gasteiger partial charge in [-0.05, 0) is 42.5 Å². The van der Waals surface area contributed by atoms with Crippen LogP contribution < -0.4 is 10.0 Å². The number of sulfonamides is 1. The second-order valence-corrected chi connectivity index (χ2v) is 9.05. The maximum absolute atomic E-state index is 12.7. The molecule has 0 radical (unpaired) electrons. The number of anilines is 2. The quantitative estimate of drug-likeness (QED) is 0.417. The molecule has 0 saturated carbocycles. The first-order valence-electron chi connectivity index (χ1n) is 8.60. The molecule has 0 bridgehead atoms. The lowest BCUT2D eigenvalue weighted by atomic mass is 10.1. The van der Waals surface area contributed by atoms with Gasteiger partial charge in [-0.25, -0.2) is 13.4 Å². The number of carbonyl (C=O) groups is 1. The van der Waals surface area contributed by atoms with Gasteiger partial charge in [-0.15, -0.1) is 11.3 Å². The monoisotopic (exact) mass is 459 g/mol. The number of amides is 1. The molecule has 2 N–H and O–H groups in total. The van der Waals surface area contributed by atoms with Crippen molar-refractivity contribution in [2.45, 2.75) is 4.90 Å². The van der Waals surface area contributed by atoms with Crippen LogP contribution in [0.4, 0.5) is 10.8 Å². The van der Waals surface area contributed by atoms with E-state index in [0.717, 1.165) is 0 Å². The molecular formula is C20H14ClN3O4S2. The van der Waals surface area contributed by atoms with Gasteiger partial charge in [-0.1, -0.05) is 29.8 Å². The summed E-state index contributed by atoms with van der Waals surface area (Å²) in [6, 6.07) is 15.9. The molecule has 0 spiro atoms. The van der Waals surface area contributed by atoms with Crippen molar-refractivity contribution in [2.75, 3.05) is 10.0 Å². The van der Waals surface area contributed by atoms with Crippen LogP contribution in [0.15, 0.2) is 81.6 Å². The average molecular weight is 460 g/mol. The number of nitrogens with zero attached hydrogens (tertiary/aromatic N) is 1. The number of halogens is 1. The van der Waals surface area contributed by atoms with Crippen LogP contribution >= 0.6 is 22.9 Å². The molecule has 30 heavy (non-hydrogen) atoms. The van der Waals surface area contributed by atoms with E-state index in [9.17, 15) is 13.2 Å². The van der Waals surface area contributed by atoms with Crippen LogP contribution in [0.1, 0.15) is 10.6 Å². The standard InChI is InChI=1S/C20H14ClN3O4S2/c21-13-7-9-14(10-8-13)30(26,27)24-16-5-2-1-4-15(16)17-12-29-20(22-17)23-19(25)18-6-3-11-28-18/h1-12,24H,(H,22,23,25). The highest BCUT2D eigenvalue weighted by atomic mass is 35.5. The third kappa shape index (κ3) is 4.38. The first-order valence-corrected chi connectivity index (χ1v) is 11.3. The molecule has 2 heterocycles. The fourth-order valence-electron chi connectivity index (χ4n) is 2.63. The molecule has 2 aromatic carbocycles. The Balaban J connectivity index is 1.59. The maximum atomic E-state index is 12.7. The SMILES string of the molecule is O=C(Nc1nc(-c2ccccc2NS(=O)(=O)c2ccc(Cl)cc2)cs1)c1ccco1. The molecule has 0 aliphatic rings. The number of hydrogen-bond acceptors (Lipinski definition) is 6. The Kier molecular flexibility index (Phi) is 5.58. The van der Waals surface area contributed by atoms with Gasteiger partial charge >= 0.3 is 0 Å². The molecule has 4 rings (SSSR count). The van der Waals surface area contributed by atoms with Gasteiger partial charge in [-0.3, -0.25) is 14.8 Å². The molecule has 0 fully saturated rings. The topological polar surface area (TPSA) is 101 Å². The first kappa shape index (κ1) is 20.1. The fourth-order valence-corrected chi connectivity index (χ4v) is 4.55. The third-order valence-corrected chi connectivity index (χ3v) is 6.43. The third-order valence-electron chi connectivity index (χ3n) is 4.04. The highest BCUT2D eigenvalue weighted by Gasteiger charge is 2.18. The Labute approximate surface area is 181 Å². The number of carbonyl (C=O) groups excluding carboxylic acids is 1. The minimum atomic E-state index is -3.82. The second kappa shape index (κ2) is 8.31. The Hall–Kier alpha value is -3.14. The Morgan fingerprint density at radius 3 is 2.53 bits per heavy atom. The summed E-state index contributed by atoms with van der Waals surface area (Å²) in [6.45, 7) is 0. The van der Waals surface area contributed by atoms with Crippen molar-refractivity contribution < 1.29 is 17.6 Å². The Bertz CT molecular complexity index is 1280. The average Bonchev–Trinajstić information content (AvgIpc) is 3.41. The first-order chi connectivity index (χ1) is 14.4. The summed E-state index contributed by atoms with van der Waals surface area (Å²) in [5, 5.41) is 5.19. The van der Waals surface area contributed by atoms with Gasteiger partial charge in [0.1, 0.15) is 0 Å². The molecule has 2 aromatic heterocycles. The van der Waals surface area contributed by atoms with E-state index in [1.54, 1.807) is 41.8 Å². The lowest BCUT2D eigenvalue weighted by Crippen LogP contribution is -2.13. The van der Waals surface area contributed by atoms with Crippen LogP contribution in [0, 0.1) is 0 Å². The highest BCUT2D eigenvalue weighted by Crippen LogP contribution is 2.32. The smallest absolute Gasteiger partial charge is 0.293 e. The molecule has 152 valence electrons. The van der Waals surface area contributed by atoms with Crippen molar-refractivity contribution >= 4 is 49.7 Å². The van der Waals surface area contributed by atoms with E-state index in [-0.39, 0.29) is 10.7 Å². The molecule has 1 amide bonds. The zero-order valence-electron chi connectivity index (χ0n) is 15.2. The number of aromatic nitrogens is 1. The van der Waals surface area contributed by atoms with Crippen molar-refractivity contribution in [2.24, 2.45) is 0 Å². The summed E-state index contributed by atoms with van der Waals surface area (Å²) in [5.74, 6) is -0.250. The van der Waals surface area contributed by atoms with Crippen LogP contribution in [0.2, 0.25) is 5.02 Å². The van der Waals surface area contributed by atoms with Gasteiger partial charge in [0.05, 0.1) is 22.5 Å².